The standard InChI is InChI=1S/C30H39NO4/c1-19-11-14-24(32)27-25(19)30(15-16-31(20(2)17-30)18-22-12-13-22)28(35-27)26(34-5)21(3)29(4,33)23-9-7-6-8-10-23/h6-11,14,20,22,26,28,32-33H,3,12-13,15-18H2,1-2,4-5H3/t20-,26?,28+,29?,30+/m1/s1. The molecule has 2 fully saturated rings. The van der Waals surface area contributed by atoms with Gasteiger partial charge in [-0.3, -0.25) is 0 Å². The topological polar surface area (TPSA) is 62.2 Å². The molecule has 1 saturated heterocycles. The molecule has 188 valence electrons. The second kappa shape index (κ2) is 8.95. The molecule has 3 aliphatic rings. The number of benzene rings is 2. The van der Waals surface area contributed by atoms with Crippen LogP contribution in [0.5, 0.6) is 11.5 Å². The van der Waals surface area contributed by atoms with E-state index in [0.29, 0.717) is 17.4 Å². The number of piperidine rings is 1. The molecule has 2 heterocycles. The maximum absolute atomic E-state index is 11.6. The SMILES string of the molecule is C=C(C(OC)[C@@H]1Oc2c(O)ccc(C)c2[C@@]12CCN(CC1CC1)[C@H](C)C2)C(C)(O)c1ccccc1. The molecule has 5 heteroatoms. The number of phenolic OH excluding ortho intramolecular Hbond substituents is 1. The summed E-state index contributed by atoms with van der Waals surface area (Å²) in [6.07, 6.45) is 3.54. The predicted octanol–water partition coefficient (Wildman–Crippen LogP) is 5.07. The fourth-order valence-corrected chi connectivity index (χ4v) is 6.53. The van der Waals surface area contributed by atoms with E-state index in [1.165, 1.54) is 12.8 Å². The quantitative estimate of drug-likeness (QED) is 0.545. The number of aryl methyl sites for hydroxylation is 1. The van der Waals surface area contributed by atoms with Crippen molar-refractivity contribution in [3.63, 3.8) is 0 Å². The van der Waals surface area contributed by atoms with E-state index in [4.69, 9.17) is 9.47 Å². The van der Waals surface area contributed by atoms with Gasteiger partial charge in [0.2, 0.25) is 0 Å². The van der Waals surface area contributed by atoms with E-state index in [2.05, 4.69) is 25.3 Å². The molecule has 5 rings (SSSR count). The van der Waals surface area contributed by atoms with E-state index in [-0.39, 0.29) is 11.2 Å². The Bertz CT molecular complexity index is 1090. The van der Waals surface area contributed by atoms with E-state index in [1.807, 2.05) is 36.4 Å². The second-order valence-electron chi connectivity index (χ2n) is 11.2. The lowest BCUT2D eigenvalue weighted by Gasteiger charge is -2.48. The molecular formula is C30H39NO4. The van der Waals surface area contributed by atoms with Crippen LogP contribution in [-0.2, 0) is 15.8 Å². The molecule has 1 saturated carbocycles. The lowest BCUT2D eigenvalue weighted by atomic mass is 9.64. The lowest BCUT2D eigenvalue weighted by Crippen LogP contribution is -2.57. The number of hydrogen-bond donors (Lipinski definition) is 2. The van der Waals surface area contributed by atoms with Gasteiger partial charge in [-0.15, -0.1) is 0 Å². The summed E-state index contributed by atoms with van der Waals surface area (Å²) in [6.45, 7) is 12.7. The van der Waals surface area contributed by atoms with Gasteiger partial charge in [0.15, 0.2) is 11.5 Å². The molecule has 5 nitrogen and oxygen atoms in total. The number of phenols is 1. The molecule has 0 bridgehead atoms. The fraction of sp³-hybridized carbons (Fsp3) is 0.533. The summed E-state index contributed by atoms with van der Waals surface area (Å²) in [7, 11) is 1.66. The number of aliphatic hydroxyl groups is 1. The zero-order valence-corrected chi connectivity index (χ0v) is 21.5. The molecule has 2 unspecified atom stereocenters. The summed E-state index contributed by atoms with van der Waals surface area (Å²) in [5, 5.41) is 22.5. The Morgan fingerprint density at radius 3 is 2.60 bits per heavy atom. The molecule has 0 radical (unpaired) electrons. The summed E-state index contributed by atoms with van der Waals surface area (Å²) in [6, 6.07) is 13.7. The average Bonchev–Trinajstić information content (AvgIpc) is 3.61. The van der Waals surface area contributed by atoms with Crippen molar-refractivity contribution in [2.24, 2.45) is 5.92 Å². The van der Waals surface area contributed by atoms with Gasteiger partial charge in [0.05, 0.1) is 0 Å². The van der Waals surface area contributed by atoms with Gasteiger partial charge in [0.25, 0.3) is 0 Å². The van der Waals surface area contributed by atoms with Crippen molar-refractivity contribution < 1.29 is 19.7 Å². The normalized spacial score (nSPS) is 28.8. The first-order chi connectivity index (χ1) is 16.7. The van der Waals surface area contributed by atoms with Gasteiger partial charge in [0.1, 0.15) is 17.8 Å². The third-order valence-electron chi connectivity index (χ3n) is 8.78. The summed E-state index contributed by atoms with van der Waals surface area (Å²) in [4.78, 5) is 2.62. The minimum absolute atomic E-state index is 0.163. The van der Waals surface area contributed by atoms with Crippen LogP contribution < -0.4 is 4.74 Å². The van der Waals surface area contributed by atoms with Crippen molar-refractivity contribution >= 4 is 0 Å². The van der Waals surface area contributed by atoms with E-state index in [9.17, 15) is 10.2 Å². The van der Waals surface area contributed by atoms with Gasteiger partial charge in [-0.1, -0.05) is 43.0 Å². The smallest absolute Gasteiger partial charge is 0.165 e. The van der Waals surface area contributed by atoms with Crippen molar-refractivity contribution in [3.05, 3.63) is 71.3 Å². The van der Waals surface area contributed by atoms with Crippen LogP contribution in [0.3, 0.4) is 0 Å². The average molecular weight is 478 g/mol. The van der Waals surface area contributed by atoms with Crippen molar-refractivity contribution in [3.8, 4) is 11.5 Å². The van der Waals surface area contributed by atoms with Crippen LogP contribution in [-0.4, -0.2) is 53.6 Å². The Morgan fingerprint density at radius 2 is 1.97 bits per heavy atom. The highest BCUT2D eigenvalue weighted by molar-refractivity contribution is 5.58. The number of fused-ring (bicyclic) bond motifs is 2. The highest BCUT2D eigenvalue weighted by Gasteiger charge is 2.58. The Kier molecular flexibility index (Phi) is 6.23. The Morgan fingerprint density at radius 1 is 1.26 bits per heavy atom. The third-order valence-corrected chi connectivity index (χ3v) is 8.78. The Hall–Kier alpha value is -2.34. The molecule has 2 aliphatic heterocycles. The third kappa shape index (κ3) is 4.08. The van der Waals surface area contributed by atoms with Crippen LogP contribution in [0.15, 0.2) is 54.6 Å². The highest BCUT2D eigenvalue weighted by Crippen LogP contribution is 2.57. The van der Waals surface area contributed by atoms with E-state index < -0.39 is 17.8 Å². The first kappa shape index (κ1) is 24.4. The number of aromatic hydroxyl groups is 1. The molecule has 2 N–H and O–H groups in total. The predicted molar refractivity (Wildman–Crippen MR) is 138 cm³/mol. The monoisotopic (exact) mass is 477 g/mol. The second-order valence-corrected chi connectivity index (χ2v) is 11.2. The van der Waals surface area contributed by atoms with Crippen molar-refractivity contribution in [2.45, 2.75) is 75.7 Å². The maximum Gasteiger partial charge on any atom is 0.165 e. The van der Waals surface area contributed by atoms with E-state index >= 15 is 0 Å². The number of hydrogen-bond acceptors (Lipinski definition) is 5. The van der Waals surface area contributed by atoms with E-state index in [0.717, 1.165) is 48.5 Å². The van der Waals surface area contributed by atoms with Crippen LogP contribution in [0.1, 0.15) is 56.2 Å². The molecule has 5 atom stereocenters. The maximum atomic E-state index is 11.6. The number of ether oxygens (including phenoxy) is 2. The molecule has 0 aromatic heterocycles. The minimum Gasteiger partial charge on any atom is -0.504 e. The molecule has 1 aliphatic carbocycles. The molecule has 0 amide bonds. The zero-order chi connectivity index (χ0) is 25.0. The molecule has 35 heavy (non-hydrogen) atoms. The highest BCUT2D eigenvalue weighted by atomic mass is 16.5. The molecule has 2 aromatic rings. The number of methoxy groups -OCH3 is 1. The van der Waals surface area contributed by atoms with Crippen LogP contribution in [0.25, 0.3) is 0 Å². The number of nitrogens with zero attached hydrogens (tertiary/aromatic N) is 1. The summed E-state index contributed by atoms with van der Waals surface area (Å²) in [5.41, 5.74) is 1.91. The van der Waals surface area contributed by atoms with Gasteiger partial charge in [0, 0.05) is 30.7 Å². The van der Waals surface area contributed by atoms with Gasteiger partial charge < -0.3 is 24.6 Å². The van der Waals surface area contributed by atoms with Crippen LogP contribution in [0.4, 0.5) is 0 Å². The van der Waals surface area contributed by atoms with Gasteiger partial charge in [-0.2, -0.15) is 0 Å². The van der Waals surface area contributed by atoms with Crippen molar-refractivity contribution in [1.82, 2.24) is 4.90 Å². The number of rotatable bonds is 7. The van der Waals surface area contributed by atoms with Gasteiger partial charge in [-0.05, 0) is 81.7 Å². The van der Waals surface area contributed by atoms with E-state index in [1.54, 1.807) is 20.1 Å². The number of likely N-dealkylation sites (tertiary alicyclic amines) is 1. The molecule has 2 aromatic carbocycles. The Balaban J connectivity index is 1.54. The van der Waals surface area contributed by atoms with Crippen LogP contribution in [0.2, 0.25) is 0 Å². The largest absolute Gasteiger partial charge is 0.504 e. The first-order valence-electron chi connectivity index (χ1n) is 12.9. The van der Waals surface area contributed by atoms with Crippen LogP contribution >= 0.6 is 0 Å². The minimum atomic E-state index is -1.29. The van der Waals surface area contributed by atoms with Crippen molar-refractivity contribution in [2.75, 3.05) is 20.2 Å². The van der Waals surface area contributed by atoms with Gasteiger partial charge >= 0.3 is 0 Å². The summed E-state index contributed by atoms with van der Waals surface area (Å²) < 4.78 is 12.7. The molecular weight excluding hydrogens is 438 g/mol. The molecule has 1 spiro atoms. The Labute approximate surface area is 209 Å². The van der Waals surface area contributed by atoms with Gasteiger partial charge in [-0.25, -0.2) is 0 Å². The zero-order valence-electron chi connectivity index (χ0n) is 21.5. The first-order valence-corrected chi connectivity index (χ1v) is 12.9. The van der Waals surface area contributed by atoms with Crippen molar-refractivity contribution in [1.29, 1.82) is 0 Å². The van der Waals surface area contributed by atoms with Crippen LogP contribution in [0, 0.1) is 12.8 Å². The summed E-state index contributed by atoms with van der Waals surface area (Å²) >= 11 is 0. The lowest BCUT2D eigenvalue weighted by molar-refractivity contribution is -0.0495. The fourth-order valence-electron chi connectivity index (χ4n) is 6.53. The summed E-state index contributed by atoms with van der Waals surface area (Å²) in [5.74, 6) is 1.57.